The van der Waals surface area contributed by atoms with Crippen LogP contribution in [0.5, 0.6) is 0 Å². The molecule has 11 heteroatoms. The second-order valence-corrected chi connectivity index (χ2v) is 6.11. The lowest BCUT2D eigenvalue weighted by atomic mass is 10.1. The summed E-state index contributed by atoms with van der Waals surface area (Å²) in [6.45, 7) is 0. The number of aliphatic hydroxyl groups is 2. The molecule has 2 rings (SSSR count). The predicted molar refractivity (Wildman–Crippen MR) is 64.2 cm³/mol. The average molecular weight is 308 g/mol. The van der Waals surface area contributed by atoms with Crippen LogP contribution >= 0.6 is 7.60 Å². The Hall–Kier alpha value is -1.29. The first-order valence-corrected chi connectivity index (χ1v) is 7.36. The molecule has 1 aliphatic heterocycles. The number of hydrogen-bond acceptors (Lipinski definition) is 6. The van der Waals surface area contributed by atoms with Gasteiger partial charge in [0.2, 0.25) is 0 Å². The first-order valence-electron chi connectivity index (χ1n) is 5.57. The quantitative estimate of drug-likeness (QED) is 0.378. The molecule has 2 heterocycles. The average Bonchev–Trinajstić information content (AvgIpc) is 2.56. The summed E-state index contributed by atoms with van der Waals surface area (Å²) in [5.41, 5.74) is -1.52. The highest BCUT2D eigenvalue weighted by Crippen LogP contribution is 2.40. The monoisotopic (exact) mass is 308 g/mol. The van der Waals surface area contributed by atoms with Gasteiger partial charge in [-0.15, -0.1) is 0 Å². The van der Waals surface area contributed by atoms with Gasteiger partial charge in [0.15, 0.2) is 6.23 Å². The first kappa shape index (κ1) is 15.1. The van der Waals surface area contributed by atoms with Gasteiger partial charge in [-0.3, -0.25) is 18.9 Å². The molecule has 0 amide bonds. The highest BCUT2D eigenvalue weighted by Gasteiger charge is 2.46. The van der Waals surface area contributed by atoms with E-state index in [0.717, 1.165) is 16.8 Å². The zero-order valence-electron chi connectivity index (χ0n) is 9.99. The fraction of sp³-hybridized carbons (Fsp3) is 0.556. The van der Waals surface area contributed by atoms with Crippen LogP contribution in [-0.4, -0.2) is 54.0 Å². The van der Waals surface area contributed by atoms with Gasteiger partial charge in [0, 0.05) is 12.3 Å². The summed E-state index contributed by atoms with van der Waals surface area (Å²) in [7, 11) is -4.46. The van der Waals surface area contributed by atoms with E-state index in [1.54, 1.807) is 0 Å². The summed E-state index contributed by atoms with van der Waals surface area (Å²) in [5, 5.41) is 19.5. The van der Waals surface area contributed by atoms with Crippen LogP contribution in [0.2, 0.25) is 0 Å². The number of aromatic nitrogens is 2. The first-order chi connectivity index (χ1) is 9.19. The SMILES string of the molecule is O=c1ccn([C@@H]2O[C@H](CP(=O)(O)O)[C@@H](O)[C@H]2O)c(=O)[nH]1. The molecular weight excluding hydrogens is 295 g/mol. The van der Waals surface area contributed by atoms with E-state index in [2.05, 4.69) is 0 Å². The topological polar surface area (TPSA) is 162 Å². The zero-order valence-corrected chi connectivity index (χ0v) is 10.9. The smallest absolute Gasteiger partial charge is 0.330 e. The van der Waals surface area contributed by atoms with Crippen LogP contribution in [-0.2, 0) is 9.30 Å². The van der Waals surface area contributed by atoms with Crippen molar-refractivity contribution in [1.82, 2.24) is 9.55 Å². The van der Waals surface area contributed by atoms with E-state index < -0.39 is 49.5 Å². The number of aromatic amines is 1. The number of H-pyrrole nitrogens is 1. The second-order valence-electron chi connectivity index (χ2n) is 4.41. The van der Waals surface area contributed by atoms with Gasteiger partial charge in [-0.2, -0.15) is 0 Å². The zero-order chi connectivity index (χ0) is 15.1. The molecule has 5 N–H and O–H groups in total. The van der Waals surface area contributed by atoms with Crippen LogP contribution in [0.15, 0.2) is 21.9 Å². The van der Waals surface area contributed by atoms with Gasteiger partial charge in [-0.25, -0.2) is 4.79 Å². The van der Waals surface area contributed by atoms with Gasteiger partial charge in [-0.1, -0.05) is 0 Å². The summed E-state index contributed by atoms with van der Waals surface area (Å²) < 4.78 is 16.8. The standard InChI is InChI=1S/C9H13N2O8P/c12-5-1-2-11(9(15)10-5)8-7(14)6(13)4(19-8)3-20(16,17)18/h1-2,4,6-8,13-14H,3H2,(H,10,12,15)(H2,16,17,18)/t4-,6-,7-,8-/m1/s1. The van der Waals surface area contributed by atoms with Gasteiger partial charge in [0.1, 0.15) is 18.3 Å². The minimum atomic E-state index is -4.46. The molecule has 4 atom stereocenters. The summed E-state index contributed by atoms with van der Waals surface area (Å²) in [5.74, 6) is 0. The number of nitrogens with zero attached hydrogens (tertiary/aromatic N) is 1. The molecule has 0 saturated carbocycles. The van der Waals surface area contributed by atoms with Crippen molar-refractivity contribution < 1.29 is 29.3 Å². The molecule has 20 heavy (non-hydrogen) atoms. The van der Waals surface area contributed by atoms with Crippen molar-refractivity contribution in [3.8, 4) is 0 Å². The molecule has 0 bridgehead atoms. The maximum Gasteiger partial charge on any atom is 0.330 e. The molecule has 10 nitrogen and oxygen atoms in total. The van der Waals surface area contributed by atoms with E-state index >= 15 is 0 Å². The van der Waals surface area contributed by atoms with E-state index in [9.17, 15) is 24.4 Å². The Bertz CT molecular complexity index is 648. The molecule has 1 fully saturated rings. The van der Waals surface area contributed by atoms with Crippen LogP contribution in [0.4, 0.5) is 0 Å². The Morgan fingerprint density at radius 3 is 2.50 bits per heavy atom. The summed E-state index contributed by atoms with van der Waals surface area (Å²) >= 11 is 0. The van der Waals surface area contributed by atoms with Crippen LogP contribution in [0.3, 0.4) is 0 Å². The molecule has 112 valence electrons. The lowest BCUT2D eigenvalue weighted by Gasteiger charge is -2.16. The van der Waals surface area contributed by atoms with Crippen molar-refractivity contribution in [3.05, 3.63) is 33.1 Å². The Labute approximate surface area is 111 Å². The second kappa shape index (κ2) is 5.24. The van der Waals surface area contributed by atoms with Crippen molar-refractivity contribution in [2.75, 3.05) is 6.16 Å². The molecule has 1 saturated heterocycles. The van der Waals surface area contributed by atoms with E-state index in [4.69, 9.17) is 14.5 Å². The van der Waals surface area contributed by atoms with Crippen LogP contribution in [0.25, 0.3) is 0 Å². The Balaban J connectivity index is 2.28. The summed E-state index contributed by atoms with van der Waals surface area (Å²) in [6, 6.07) is 1.01. The third kappa shape index (κ3) is 3.06. The maximum atomic E-state index is 11.6. The maximum absolute atomic E-state index is 11.6. The van der Waals surface area contributed by atoms with Crippen molar-refractivity contribution in [2.24, 2.45) is 0 Å². The number of rotatable bonds is 3. The van der Waals surface area contributed by atoms with Gasteiger partial charge in [-0.05, 0) is 0 Å². The lowest BCUT2D eigenvalue weighted by molar-refractivity contribution is -0.0351. The Morgan fingerprint density at radius 2 is 1.95 bits per heavy atom. The van der Waals surface area contributed by atoms with Crippen molar-refractivity contribution in [2.45, 2.75) is 24.5 Å². The van der Waals surface area contributed by atoms with Gasteiger partial charge in [0.25, 0.3) is 5.56 Å². The summed E-state index contributed by atoms with van der Waals surface area (Å²) in [4.78, 5) is 42.1. The molecule has 1 aliphatic rings. The summed E-state index contributed by atoms with van der Waals surface area (Å²) in [6.07, 6.45) is -5.52. The van der Waals surface area contributed by atoms with Crippen molar-refractivity contribution >= 4 is 7.60 Å². The van der Waals surface area contributed by atoms with E-state index in [0.29, 0.717) is 0 Å². The third-order valence-electron chi connectivity index (χ3n) is 2.88. The number of aliphatic hydroxyl groups excluding tert-OH is 2. The van der Waals surface area contributed by atoms with Crippen LogP contribution in [0, 0.1) is 0 Å². The highest BCUT2D eigenvalue weighted by molar-refractivity contribution is 7.51. The molecule has 1 aromatic rings. The highest BCUT2D eigenvalue weighted by atomic mass is 31.2. The fourth-order valence-electron chi connectivity index (χ4n) is 1.97. The molecular formula is C9H13N2O8P. The minimum Gasteiger partial charge on any atom is -0.387 e. The molecule has 0 spiro atoms. The Morgan fingerprint density at radius 1 is 1.30 bits per heavy atom. The normalized spacial score (nSPS) is 30.6. The predicted octanol–water partition coefficient (Wildman–Crippen LogP) is -2.67. The lowest BCUT2D eigenvalue weighted by Crippen LogP contribution is -2.37. The third-order valence-corrected chi connectivity index (χ3v) is 3.72. The van der Waals surface area contributed by atoms with Crippen LogP contribution in [0.1, 0.15) is 6.23 Å². The number of ether oxygens (including phenoxy) is 1. The molecule has 1 aromatic heterocycles. The largest absolute Gasteiger partial charge is 0.387 e. The molecule has 0 radical (unpaired) electrons. The molecule has 0 unspecified atom stereocenters. The minimum absolute atomic E-state index is 0.647. The number of nitrogens with one attached hydrogen (secondary N) is 1. The Kier molecular flexibility index (Phi) is 3.96. The van der Waals surface area contributed by atoms with E-state index in [-0.39, 0.29) is 0 Å². The molecule has 0 aliphatic carbocycles. The number of hydrogen-bond donors (Lipinski definition) is 5. The van der Waals surface area contributed by atoms with Gasteiger partial charge in [0.05, 0.1) is 6.16 Å². The fourth-order valence-corrected chi connectivity index (χ4v) is 2.74. The van der Waals surface area contributed by atoms with Crippen molar-refractivity contribution in [3.63, 3.8) is 0 Å². The van der Waals surface area contributed by atoms with Gasteiger partial charge < -0.3 is 24.7 Å². The van der Waals surface area contributed by atoms with Gasteiger partial charge >= 0.3 is 13.3 Å². The van der Waals surface area contributed by atoms with Crippen molar-refractivity contribution in [1.29, 1.82) is 0 Å². The van der Waals surface area contributed by atoms with E-state index in [1.165, 1.54) is 0 Å². The molecule has 0 aromatic carbocycles. The van der Waals surface area contributed by atoms with E-state index in [1.807, 2.05) is 4.98 Å². The van der Waals surface area contributed by atoms with Crippen LogP contribution < -0.4 is 11.2 Å².